The minimum atomic E-state index is 0.664. The van der Waals surface area contributed by atoms with Gasteiger partial charge in [0.1, 0.15) is 0 Å². The monoisotopic (exact) mass is 232 g/mol. The van der Waals surface area contributed by atoms with Crippen LogP contribution in [-0.4, -0.2) is 24.3 Å². The van der Waals surface area contributed by atoms with E-state index in [1.165, 1.54) is 33.7 Å². The number of likely N-dealkylation sites (N-methyl/N-ethyl adjacent to an activating group) is 1. The van der Waals surface area contributed by atoms with Crippen LogP contribution in [0.25, 0.3) is 10.9 Å². The fourth-order valence-electron chi connectivity index (χ4n) is 2.56. The van der Waals surface area contributed by atoms with Gasteiger partial charge in [-0.1, -0.05) is 18.2 Å². The van der Waals surface area contributed by atoms with Crippen LogP contribution in [0.15, 0.2) is 29.3 Å². The summed E-state index contributed by atoms with van der Waals surface area (Å²) < 4.78 is 0. The Labute approximate surface area is 99.8 Å². The molecule has 0 aliphatic carbocycles. The van der Waals surface area contributed by atoms with Gasteiger partial charge < -0.3 is 10.3 Å². The minimum absolute atomic E-state index is 0.664. The molecule has 84 valence electrons. The van der Waals surface area contributed by atoms with Crippen LogP contribution < -0.4 is 5.32 Å². The van der Waals surface area contributed by atoms with E-state index in [4.69, 9.17) is 0 Å². The molecule has 3 heteroatoms. The SMILES string of the molecule is CNCC1CCSc2[nH]c3ccccc3c21. The molecule has 2 N–H and O–H groups in total. The lowest BCUT2D eigenvalue weighted by molar-refractivity contribution is 0.602. The van der Waals surface area contributed by atoms with Crippen molar-refractivity contribution in [1.82, 2.24) is 10.3 Å². The number of aromatic nitrogens is 1. The summed E-state index contributed by atoms with van der Waals surface area (Å²) in [6.07, 6.45) is 1.28. The number of rotatable bonds is 2. The van der Waals surface area contributed by atoms with E-state index in [-0.39, 0.29) is 0 Å². The molecule has 2 heterocycles. The Morgan fingerprint density at radius 3 is 3.19 bits per heavy atom. The molecule has 1 aromatic carbocycles. The summed E-state index contributed by atoms with van der Waals surface area (Å²) in [4.78, 5) is 3.54. The number of nitrogens with one attached hydrogen (secondary N) is 2. The van der Waals surface area contributed by atoms with Gasteiger partial charge in [0.15, 0.2) is 0 Å². The Morgan fingerprint density at radius 1 is 1.44 bits per heavy atom. The summed E-state index contributed by atoms with van der Waals surface area (Å²) in [6, 6.07) is 8.64. The molecule has 0 amide bonds. The van der Waals surface area contributed by atoms with Gasteiger partial charge in [-0.15, -0.1) is 11.8 Å². The van der Waals surface area contributed by atoms with E-state index in [0.717, 1.165) is 6.54 Å². The minimum Gasteiger partial charge on any atom is -0.349 e. The van der Waals surface area contributed by atoms with Gasteiger partial charge in [-0.2, -0.15) is 0 Å². The van der Waals surface area contributed by atoms with Gasteiger partial charge in [0.05, 0.1) is 5.03 Å². The third-order valence-corrected chi connectivity index (χ3v) is 4.33. The van der Waals surface area contributed by atoms with Gasteiger partial charge in [-0.25, -0.2) is 0 Å². The van der Waals surface area contributed by atoms with Gasteiger partial charge in [-0.05, 0) is 25.1 Å². The highest BCUT2D eigenvalue weighted by molar-refractivity contribution is 7.99. The molecule has 3 rings (SSSR count). The molecule has 1 unspecified atom stereocenters. The molecule has 1 aliphatic heterocycles. The Balaban J connectivity index is 2.16. The first kappa shape index (κ1) is 10.2. The molecule has 2 nitrogen and oxygen atoms in total. The molecular formula is C13H16N2S. The van der Waals surface area contributed by atoms with Crippen LogP contribution in [0.5, 0.6) is 0 Å². The van der Waals surface area contributed by atoms with E-state index < -0.39 is 0 Å². The van der Waals surface area contributed by atoms with E-state index in [1.807, 2.05) is 18.8 Å². The van der Waals surface area contributed by atoms with Crippen molar-refractivity contribution in [2.24, 2.45) is 0 Å². The molecule has 16 heavy (non-hydrogen) atoms. The lowest BCUT2D eigenvalue weighted by Gasteiger charge is -2.22. The largest absolute Gasteiger partial charge is 0.349 e. The number of benzene rings is 1. The molecule has 0 saturated carbocycles. The summed E-state index contributed by atoms with van der Waals surface area (Å²) >= 11 is 1.96. The average molecular weight is 232 g/mol. The average Bonchev–Trinajstić information content (AvgIpc) is 2.68. The van der Waals surface area contributed by atoms with Gasteiger partial charge in [0, 0.05) is 29.1 Å². The predicted molar refractivity (Wildman–Crippen MR) is 70.3 cm³/mol. The first-order chi connectivity index (χ1) is 7.90. The molecule has 2 aromatic rings. The molecule has 1 atom stereocenters. The fourth-order valence-corrected chi connectivity index (χ4v) is 3.78. The first-order valence-corrected chi connectivity index (χ1v) is 6.76. The molecule has 0 saturated heterocycles. The number of thioether (sulfide) groups is 1. The number of H-pyrrole nitrogens is 1. The predicted octanol–water partition coefficient (Wildman–Crippen LogP) is 2.97. The second-order valence-electron chi connectivity index (χ2n) is 4.31. The fraction of sp³-hybridized carbons (Fsp3) is 0.385. The summed E-state index contributed by atoms with van der Waals surface area (Å²) in [6.45, 7) is 1.08. The van der Waals surface area contributed by atoms with E-state index >= 15 is 0 Å². The van der Waals surface area contributed by atoms with Crippen molar-refractivity contribution in [3.05, 3.63) is 29.8 Å². The van der Waals surface area contributed by atoms with E-state index in [1.54, 1.807) is 0 Å². The highest BCUT2D eigenvalue weighted by Crippen LogP contribution is 2.41. The lowest BCUT2D eigenvalue weighted by atomic mass is 9.95. The van der Waals surface area contributed by atoms with Crippen molar-refractivity contribution >= 4 is 22.7 Å². The smallest absolute Gasteiger partial charge is 0.0768 e. The molecule has 0 bridgehead atoms. The number of fused-ring (bicyclic) bond motifs is 3. The second kappa shape index (κ2) is 4.15. The van der Waals surface area contributed by atoms with E-state index in [9.17, 15) is 0 Å². The summed E-state index contributed by atoms with van der Waals surface area (Å²) in [5, 5.41) is 6.10. The zero-order chi connectivity index (χ0) is 11.0. The molecule has 0 spiro atoms. The van der Waals surface area contributed by atoms with Crippen molar-refractivity contribution in [2.75, 3.05) is 19.3 Å². The van der Waals surface area contributed by atoms with Crippen molar-refractivity contribution in [3.8, 4) is 0 Å². The third-order valence-electron chi connectivity index (χ3n) is 3.28. The molecular weight excluding hydrogens is 216 g/mol. The zero-order valence-corrected chi connectivity index (χ0v) is 10.2. The third kappa shape index (κ3) is 1.55. The van der Waals surface area contributed by atoms with Gasteiger partial charge in [0.2, 0.25) is 0 Å². The maximum absolute atomic E-state index is 3.54. The lowest BCUT2D eigenvalue weighted by Crippen LogP contribution is -2.20. The normalized spacial score (nSPS) is 19.9. The number of para-hydroxylation sites is 1. The Bertz CT molecular complexity index is 504. The Morgan fingerprint density at radius 2 is 2.31 bits per heavy atom. The molecule has 1 aromatic heterocycles. The van der Waals surface area contributed by atoms with Crippen molar-refractivity contribution in [2.45, 2.75) is 17.4 Å². The molecule has 1 aliphatic rings. The van der Waals surface area contributed by atoms with Gasteiger partial charge >= 0.3 is 0 Å². The van der Waals surface area contributed by atoms with Crippen LogP contribution in [0, 0.1) is 0 Å². The van der Waals surface area contributed by atoms with Crippen molar-refractivity contribution < 1.29 is 0 Å². The number of hydrogen-bond donors (Lipinski definition) is 2. The van der Waals surface area contributed by atoms with Crippen LogP contribution in [-0.2, 0) is 0 Å². The van der Waals surface area contributed by atoms with Crippen LogP contribution in [0.1, 0.15) is 17.9 Å². The standard InChI is InChI=1S/C13H16N2S/c1-14-8-9-6-7-16-13-12(9)10-4-2-3-5-11(10)15-13/h2-5,9,14-15H,6-8H2,1H3. The summed E-state index contributed by atoms with van der Waals surface area (Å²) in [7, 11) is 2.04. The summed E-state index contributed by atoms with van der Waals surface area (Å²) in [5.41, 5.74) is 2.81. The first-order valence-electron chi connectivity index (χ1n) is 5.78. The van der Waals surface area contributed by atoms with Crippen LogP contribution in [0.4, 0.5) is 0 Å². The van der Waals surface area contributed by atoms with Crippen LogP contribution in [0.2, 0.25) is 0 Å². The van der Waals surface area contributed by atoms with Crippen molar-refractivity contribution in [1.29, 1.82) is 0 Å². The molecule has 0 radical (unpaired) electrons. The molecule has 0 fully saturated rings. The highest BCUT2D eigenvalue weighted by atomic mass is 32.2. The van der Waals surface area contributed by atoms with E-state index in [0.29, 0.717) is 5.92 Å². The number of aromatic amines is 1. The Hall–Kier alpha value is -0.930. The maximum Gasteiger partial charge on any atom is 0.0768 e. The van der Waals surface area contributed by atoms with Crippen molar-refractivity contribution in [3.63, 3.8) is 0 Å². The Kier molecular flexibility index (Phi) is 2.65. The summed E-state index contributed by atoms with van der Waals surface area (Å²) in [5.74, 6) is 1.89. The van der Waals surface area contributed by atoms with Gasteiger partial charge in [-0.3, -0.25) is 0 Å². The number of hydrogen-bond acceptors (Lipinski definition) is 2. The maximum atomic E-state index is 3.54. The quantitative estimate of drug-likeness (QED) is 0.833. The second-order valence-corrected chi connectivity index (χ2v) is 5.41. The van der Waals surface area contributed by atoms with Crippen LogP contribution in [0.3, 0.4) is 0 Å². The highest BCUT2D eigenvalue weighted by Gasteiger charge is 2.24. The van der Waals surface area contributed by atoms with Gasteiger partial charge in [0.25, 0.3) is 0 Å². The van der Waals surface area contributed by atoms with Crippen LogP contribution >= 0.6 is 11.8 Å². The van der Waals surface area contributed by atoms with E-state index in [2.05, 4.69) is 34.6 Å². The zero-order valence-electron chi connectivity index (χ0n) is 9.42. The topological polar surface area (TPSA) is 27.8 Å².